The first-order valence-electron chi connectivity index (χ1n) is 11.4. The Morgan fingerprint density at radius 1 is 1.03 bits per heavy atom. The third kappa shape index (κ3) is 4.30. The molecule has 3 fully saturated rings. The van der Waals surface area contributed by atoms with Gasteiger partial charge in [0.25, 0.3) is 0 Å². The van der Waals surface area contributed by atoms with Gasteiger partial charge in [-0.3, -0.25) is 4.79 Å². The molecule has 3 aliphatic rings. The van der Waals surface area contributed by atoms with Crippen molar-refractivity contribution in [2.45, 2.75) is 49.7 Å². The maximum Gasteiger partial charge on any atom is 0.316 e. The lowest BCUT2D eigenvalue weighted by Gasteiger charge is -2.36. The number of sulfonamides is 1. The van der Waals surface area contributed by atoms with Crippen LogP contribution in [-0.2, 0) is 19.5 Å². The number of rotatable bonds is 4. The molecule has 1 spiro atoms. The highest BCUT2D eigenvalue weighted by Crippen LogP contribution is 2.32. The normalized spacial score (nSPS) is 21.5. The minimum Gasteiger partial charge on any atom is -0.347 e. The van der Waals surface area contributed by atoms with E-state index in [0.29, 0.717) is 63.4 Å². The van der Waals surface area contributed by atoms with Crippen LogP contribution >= 0.6 is 0 Å². The van der Waals surface area contributed by atoms with Crippen LogP contribution in [0.4, 0.5) is 0 Å². The average molecular weight is 477 g/mol. The lowest BCUT2D eigenvalue weighted by atomic mass is 10.0. The zero-order valence-corrected chi connectivity index (χ0v) is 19.5. The molecule has 0 radical (unpaired) electrons. The molecule has 1 aromatic carbocycles. The van der Waals surface area contributed by atoms with Crippen molar-refractivity contribution in [3.63, 3.8) is 0 Å². The topological polar surface area (TPSA) is 115 Å². The zero-order chi connectivity index (χ0) is 23.1. The van der Waals surface area contributed by atoms with Crippen LogP contribution in [0.2, 0.25) is 0 Å². The van der Waals surface area contributed by atoms with Crippen molar-refractivity contribution in [2.24, 2.45) is 0 Å². The monoisotopic (exact) mass is 476 g/mol. The Balaban J connectivity index is 1.33. The van der Waals surface area contributed by atoms with E-state index in [1.165, 1.54) is 4.31 Å². The molecule has 2 aromatic rings. The second-order valence-corrected chi connectivity index (χ2v) is 10.7. The molecule has 0 aliphatic carbocycles. The number of aryl methyl sites for hydroxylation is 1. The standard InChI is InChI=1S/C22H28N4O6S/c1-16-5-6-17(15-18(16)33(28,29)26-9-3-2-4-10-26)19-23-20(32-24-19)21(27)25-11-7-22(8-12-25)30-13-14-31-22/h5-6,15H,2-4,7-14H2,1H3. The highest BCUT2D eigenvalue weighted by atomic mass is 32.2. The van der Waals surface area contributed by atoms with Crippen LogP contribution in [0.3, 0.4) is 0 Å². The number of aromatic nitrogens is 2. The van der Waals surface area contributed by atoms with E-state index < -0.39 is 15.8 Å². The SMILES string of the molecule is Cc1ccc(-c2noc(C(=O)N3CCC4(CC3)OCCO4)n2)cc1S(=O)(=O)N1CCCCC1. The summed E-state index contributed by atoms with van der Waals surface area (Å²) in [5, 5.41) is 3.95. The minimum absolute atomic E-state index is 0.116. The number of piperidine rings is 2. The number of hydrogen-bond acceptors (Lipinski definition) is 8. The van der Waals surface area contributed by atoms with Gasteiger partial charge in [-0.25, -0.2) is 8.42 Å². The summed E-state index contributed by atoms with van der Waals surface area (Å²) >= 11 is 0. The van der Waals surface area contributed by atoms with Crippen LogP contribution in [0.15, 0.2) is 27.6 Å². The summed E-state index contributed by atoms with van der Waals surface area (Å²) in [4.78, 5) is 19.0. The van der Waals surface area contributed by atoms with Crippen LogP contribution in [0.25, 0.3) is 11.4 Å². The van der Waals surface area contributed by atoms with Gasteiger partial charge in [0.2, 0.25) is 15.8 Å². The molecule has 0 saturated carbocycles. The molecule has 178 valence electrons. The van der Waals surface area contributed by atoms with E-state index in [9.17, 15) is 13.2 Å². The van der Waals surface area contributed by atoms with Gasteiger partial charge in [0.1, 0.15) is 0 Å². The van der Waals surface area contributed by atoms with E-state index >= 15 is 0 Å². The number of nitrogens with zero attached hydrogens (tertiary/aromatic N) is 4. The van der Waals surface area contributed by atoms with Crippen LogP contribution in [-0.4, -0.2) is 78.9 Å². The van der Waals surface area contributed by atoms with Gasteiger partial charge >= 0.3 is 11.8 Å². The average Bonchev–Trinajstić information content (AvgIpc) is 3.50. The largest absolute Gasteiger partial charge is 0.347 e. The molecule has 0 N–H and O–H groups in total. The summed E-state index contributed by atoms with van der Waals surface area (Å²) in [7, 11) is -3.61. The third-order valence-electron chi connectivity index (χ3n) is 6.61. The molecule has 11 heteroatoms. The number of hydrogen-bond donors (Lipinski definition) is 0. The summed E-state index contributed by atoms with van der Waals surface area (Å²) in [5.74, 6) is -0.857. The molecule has 3 aliphatic heterocycles. The maximum absolute atomic E-state index is 13.2. The highest BCUT2D eigenvalue weighted by molar-refractivity contribution is 7.89. The zero-order valence-electron chi connectivity index (χ0n) is 18.7. The van der Waals surface area contributed by atoms with Crippen molar-refractivity contribution >= 4 is 15.9 Å². The number of likely N-dealkylation sites (tertiary alicyclic amines) is 1. The van der Waals surface area contributed by atoms with E-state index in [2.05, 4.69) is 10.1 Å². The molecular weight excluding hydrogens is 448 g/mol. The summed E-state index contributed by atoms with van der Waals surface area (Å²) < 4.78 is 44.6. The smallest absolute Gasteiger partial charge is 0.316 e. The Labute approximate surface area is 192 Å². The Morgan fingerprint density at radius 3 is 2.42 bits per heavy atom. The highest BCUT2D eigenvalue weighted by Gasteiger charge is 2.41. The lowest BCUT2D eigenvalue weighted by Crippen LogP contribution is -2.47. The Bertz CT molecular complexity index is 1130. The fourth-order valence-electron chi connectivity index (χ4n) is 4.66. The van der Waals surface area contributed by atoms with Crippen LogP contribution in [0, 0.1) is 6.92 Å². The minimum atomic E-state index is -3.61. The Kier molecular flexibility index (Phi) is 5.98. The van der Waals surface area contributed by atoms with Crippen molar-refractivity contribution < 1.29 is 27.2 Å². The number of benzene rings is 1. The van der Waals surface area contributed by atoms with Crippen molar-refractivity contribution in [2.75, 3.05) is 39.4 Å². The third-order valence-corrected chi connectivity index (χ3v) is 8.65. The van der Waals surface area contributed by atoms with Gasteiger partial charge in [-0.15, -0.1) is 0 Å². The van der Waals surface area contributed by atoms with Gasteiger partial charge in [-0.05, 0) is 31.4 Å². The molecule has 0 unspecified atom stereocenters. The Morgan fingerprint density at radius 2 is 1.73 bits per heavy atom. The summed E-state index contributed by atoms with van der Waals surface area (Å²) in [6.07, 6.45) is 3.96. The van der Waals surface area contributed by atoms with Crippen LogP contribution < -0.4 is 0 Å². The second-order valence-electron chi connectivity index (χ2n) is 8.77. The van der Waals surface area contributed by atoms with Gasteiger partial charge in [-0.1, -0.05) is 23.7 Å². The van der Waals surface area contributed by atoms with Gasteiger partial charge < -0.3 is 18.9 Å². The summed E-state index contributed by atoms with van der Waals surface area (Å²) in [6.45, 7) is 4.92. The number of carbonyl (C=O) groups excluding carboxylic acids is 1. The van der Waals surface area contributed by atoms with Crippen molar-refractivity contribution in [1.29, 1.82) is 0 Å². The molecule has 0 bridgehead atoms. The molecule has 33 heavy (non-hydrogen) atoms. The quantitative estimate of drug-likeness (QED) is 0.660. The van der Waals surface area contributed by atoms with E-state index in [0.717, 1.165) is 19.3 Å². The molecule has 5 rings (SSSR count). The number of amides is 1. The van der Waals surface area contributed by atoms with Crippen molar-refractivity contribution in [1.82, 2.24) is 19.3 Å². The van der Waals surface area contributed by atoms with Gasteiger partial charge in [0, 0.05) is 44.6 Å². The predicted molar refractivity (Wildman–Crippen MR) is 117 cm³/mol. The Hall–Kier alpha value is -2.34. The number of carbonyl (C=O) groups is 1. The van der Waals surface area contributed by atoms with Gasteiger partial charge in [-0.2, -0.15) is 9.29 Å². The molecule has 3 saturated heterocycles. The molecular formula is C22H28N4O6S. The fraction of sp³-hybridized carbons (Fsp3) is 0.591. The van der Waals surface area contributed by atoms with E-state index in [1.807, 2.05) is 0 Å². The predicted octanol–water partition coefficient (Wildman–Crippen LogP) is 2.20. The van der Waals surface area contributed by atoms with Crippen molar-refractivity contribution in [3.8, 4) is 11.4 Å². The summed E-state index contributed by atoms with van der Waals surface area (Å²) in [5.41, 5.74) is 1.15. The first-order valence-corrected chi connectivity index (χ1v) is 12.8. The molecule has 4 heterocycles. The first kappa shape index (κ1) is 22.5. The summed E-state index contributed by atoms with van der Waals surface area (Å²) in [6, 6.07) is 5.04. The van der Waals surface area contributed by atoms with E-state index in [-0.39, 0.29) is 22.5 Å². The fourth-order valence-corrected chi connectivity index (χ4v) is 6.43. The van der Waals surface area contributed by atoms with E-state index in [1.54, 1.807) is 30.0 Å². The lowest BCUT2D eigenvalue weighted by molar-refractivity contribution is -0.181. The second kappa shape index (κ2) is 8.79. The maximum atomic E-state index is 13.2. The first-order chi connectivity index (χ1) is 15.9. The van der Waals surface area contributed by atoms with Crippen molar-refractivity contribution in [3.05, 3.63) is 29.7 Å². The van der Waals surface area contributed by atoms with E-state index in [4.69, 9.17) is 14.0 Å². The molecule has 0 atom stereocenters. The molecule has 10 nitrogen and oxygen atoms in total. The molecule has 1 amide bonds. The number of ether oxygens (including phenoxy) is 2. The molecule has 1 aromatic heterocycles. The van der Waals surface area contributed by atoms with Gasteiger partial charge in [0.05, 0.1) is 18.1 Å². The van der Waals surface area contributed by atoms with Crippen LogP contribution in [0.5, 0.6) is 0 Å². The van der Waals surface area contributed by atoms with Gasteiger partial charge in [0.15, 0.2) is 5.79 Å². The van der Waals surface area contributed by atoms with Crippen LogP contribution in [0.1, 0.15) is 48.4 Å².